The van der Waals surface area contributed by atoms with Gasteiger partial charge in [0.15, 0.2) is 11.0 Å². The number of aromatic nitrogens is 4. The van der Waals surface area contributed by atoms with E-state index in [2.05, 4.69) is 15.3 Å². The van der Waals surface area contributed by atoms with E-state index in [-0.39, 0.29) is 10.0 Å². The van der Waals surface area contributed by atoms with Crippen LogP contribution in [-0.4, -0.2) is 28.4 Å². The Balaban J connectivity index is 2.72. The second-order valence-electron chi connectivity index (χ2n) is 3.99. The van der Waals surface area contributed by atoms with Crippen LogP contribution in [0.1, 0.15) is 25.2 Å². The molecule has 0 unspecified atom stereocenters. The van der Waals surface area contributed by atoms with Gasteiger partial charge in [-0.2, -0.15) is 5.10 Å². The molecule has 20 heavy (non-hydrogen) atoms. The van der Waals surface area contributed by atoms with Gasteiger partial charge < -0.3 is 0 Å². The van der Waals surface area contributed by atoms with Crippen LogP contribution in [0.25, 0.3) is 5.82 Å². The average Bonchev–Trinajstić information content (AvgIpc) is 2.78. The average molecular weight is 335 g/mol. The van der Waals surface area contributed by atoms with Gasteiger partial charge in [-0.1, -0.05) is 25.4 Å². The molecule has 0 radical (unpaired) electrons. The molecule has 0 amide bonds. The lowest BCUT2D eigenvalue weighted by atomic mass is 10.2. The summed E-state index contributed by atoms with van der Waals surface area (Å²) in [6.45, 7) is 3.63. The topological polar surface area (TPSA) is 77.7 Å². The molecule has 0 saturated carbocycles. The summed E-state index contributed by atoms with van der Waals surface area (Å²) in [7, 11) is 1.65. The molecule has 0 aliphatic rings. The minimum atomic E-state index is -3.87. The fourth-order valence-electron chi connectivity index (χ4n) is 1.92. The Bertz CT molecular complexity index is 726. The predicted octanol–water partition coefficient (Wildman–Crippen LogP) is 2.37. The fraction of sp³-hybridized carbons (Fsp3) is 0.364. The van der Waals surface area contributed by atoms with Crippen molar-refractivity contribution in [1.82, 2.24) is 20.0 Å². The van der Waals surface area contributed by atoms with Crippen LogP contribution in [0.4, 0.5) is 0 Å². The largest absolute Gasteiger partial charge is 0.265 e. The molecular weight excluding hydrogens is 323 g/mol. The van der Waals surface area contributed by atoms with Crippen LogP contribution in [0.2, 0.25) is 5.15 Å². The first-order valence-electron chi connectivity index (χ1n) is 5.93. The molecule has 0 N–H and O–H groups in total. The van der Waals surface area contributed by atoms with Crippen LogP contribution in [-0.2, 0) is 21.9 Å². The molecule has 0 fully saturated rings. The number of halogens is 2. The Morgan fingerprint density at radius 3 is 2.35 bits per heavy atom. The van der Waals surface area contributed by atoms with Crippen LogP contribution in [0.3, 0.4) is 0 Å². The van der Waals surface area contributed by atoms with Crippen molar-refractivity contribution >= 4 is 31.3 Å². The van der Waals surface area contributed by atoms with Gasteiger partial charge in [0, 0.05) is 10.7 Å². The predicted molar refractivity (Wildman–Crippen MR) is 76.0 cm³/mol. The maximum Gasteiger partial charge on any atom is 0.265 e. The molecule has 0 bridgehead atoms. The summed E-state index contributed by atoms with van der Waals surface area (Å²) in [5.41, 5.74) is 0.891. The SMILES string of the molecule is CCc1nn(-c2ccc(Cl)nn2)c(CC)c1S(=O)(=O)Cl. The summed E-state index contributed by atoms with van der Waals surface area (Å²) in [5, 5.41) is 12.2. The lowest BCUT2D eigenvalue weighted by molar-refractivity contribution is 0.607. The molecule has 0 aliphatic heterocycles. The van der Waals surface area contributed by atoms with E-state index in [0.29, 0.717) is 30.0 Å². The van der Waals surface area contributed by atoms with Crippen LogP contribution < -0.4 is 0 Å². The molecule has 0 saturated heterocycles. The van der Waals surface area contributed by atoms with Gasteiger partial charge in [0.1, 0.15) is 4.90 Å². The van der Waals surface area contributed by atoms with Gasteiger partial charge in [-0.3, -0.25) is 0 Å². The van der Waals surface area contributed by atoms with E-state index in [4.69, 9.17) is 22.3 Å². The first-order valence-corrected chi connectivity index (χ1v) is 8.62. The Hall–Kier alpha value is -1.18. The molecule has 9 heteroatoms. The molecule has 2 aromatic rings. The summed E-state index contributed by atoms with van der Waals surface area (Å²) in [6.07, 6.45) is 0.890. The van der Waals surface area contributed by atoms with Crippen molar-refractivity contribution < 1.29 is 8.42 Å². The highest BCUT2D eigenvalue weighted by atomic mass is 35.7. The van der Waals surface area contributed by atoms with Gasteiger partial charge in [-0.25, -0.2) is 13.1 Å². The third-order valence-corrected chi connectivity index (χ3v) is 4.37. The van der Waals surface area contributed by atoms with Crippen molar-refractivity contribution in [1.29, 1.82) is 0 Å². The lowest BCUT2D eigenvalue weighted by Gasteiger charge is -2.04. The Morgan fingerprint density at radius 2 is 1.90 bits per heavy atom. The van der Waals surface area contributed by atoms with Crippen molar-refractivity contribution in [2.24, 2.45) is 0 Å². The quantitative estimate of drug-likeness (QED) is 0.802. The van der Waals surface area contributed by atoms with Crippen molar-refractivity contribution in [2.45, 2.75) is 31.6 Å². The lowest BCUT2D eigenvalue weighted by Crippen LogP contribution is -2.06. The second-order valence-corrected chi connectivity index (χ2v) is 6.88. The van der Waals surface area contributed by atoms with Gasteiger partial charge in [0.05, 0.1) is 11.4 Å². The molecule has 0 aliphatic carbocycles. The van der Waals surface area contributed by atoms with E-state index in [1.165, 1.54) is 4.68 Å². The number of aryl methyl sites for hydroxylation is 1. The van der Waals surface area contributed by atoms with Gasteiger partial charge in [-0.05, 0) is 25.0 Å². The van der Waals surface area contributed by atoms with Crippen molar-refractivity contribution in [3.05, 3.63) is 28.7 Å². The molecule has 108 valence electrons. The number of nitrogens with zero attached hydrogens (tertiary/aromatic N) is 4. The second kappa shape index (κ2) is 5.67. The van der Waals surface area contributed by atoms with Crippen LogP contribution in [0.5, 0.6) is 0 Å². The van der Waals surface area contributed by atoms with E-state index in [9.17, 15) is 8.42 Å². The first-order chi connectivity index (χ1) is 9.38. The minimum absolute atomic E-state index is 0.0564. The zero-order valence-electron chi connectivity index (χ0n) is 10.8. The van der Waals surface area contributed by atoms with Crippen LogP contribution >= 0.6 is 22.3 Å². The monoisotopic (exact) mass is 334 g/mol. The van der Waals surface area contributed by atoms with E-state index < -0.39 is 9.05 Å². The Labute approximate surface area is 126 Å². The van der Waals surface area contributed by atoms with E-state index in [1.54, 1.807) is 12.1 Å². The van der Waals surface area contributed by atoms with Gasteiger partial charge in [0.2, 0.25) is 0 Å². The molecule has 2 heterocycles. The Kier molecular flexibility index (Phi) is 4.31. The molecule has 0 aromatic carbocycles. The maximum atomic E-state index is 11.7. The highest BCUT2D eigenvalue weighted by molar-refractivity contribution is 8.13. The third kappa shape index (κ3) is 2.79. The van der Waals surface area contributed by atoms with Gasteiger partial charge >= 0.3 is 0 Å². The molecule has 6 nitrogen and oxygen atoms in total. The Morgan fingerprint density at radius 1 is 1.20 bits per heavy atom. The number of rotatable bonds is 4. The van der Waals surface area contributed by atoms with Gasteiger partial charge in [-0.15, -0.1) is 10.2 Å². The zero-order valence-corrected chi connectivity index (χ0v) is 13.2. The van der Waals surface area contributed by atoms with Crippen molar-refractivity contribution in [2.75, 3.05) is 0 Å². The van der Waals surface area contributed by atoms with Gasteiger partial charge in [0.25, 0.3) is 9.05 Å². The summed E-state index contributed by atoms with van der Waals surface area (Å²) < 4.78 is 24.9. The van der Waals surface area contributed by atoms with E-state index in [0.717, 1.165) is 0 Å². The summed E-state index contributed by atoms with van der Waals surface area (Å²) >= 11 is 5.69. The van der Waals surface area contributed by atoms with Crippen molar-refractivity contribution in [3.8, 4) is 5.82 Å². The highest BCUT2D eigenvalue weighted by Crippen LogP contribution is 2.27. The number of hydrogen-bond donors (Lipinski definition) is 0. The summed E-state index contributed by atoms with van der Waals surface area (Å²) in [5.74, 6) is 0.396. The minimum Gasteiger partial charge on any atom is -0.216 e. The van der Waals surface area contributed by atoms with Crippen LogP contribution in [0, 0.1) is 0 Å². The smallest absolute Gasteiger partial charge is 0.216 e. The van der Waals surface area contributed by atoms with Crippen LogP contribution in [0.15, 0.2) is 17.0 Å². The van der Waals surface area contributed by atoms with Crippen molar-refractivity contribution in [3.63, 3.8) is 0 Å². The molecule has 2 rings (SSSR count). The standard InChI is InChI=1S/C11H12Cl2N4O2S/c1-3-7-11(20(13,18)19)8(4-2)17(16-7)10-6-5-9(12)14-15-10/h5-6H,3-4H2,1-2H3. The number of hydrogen-bond acceptors (Lipinski definition) is 5. The van der Waals surface area contributed by atoms with E-state index in [1.807, 2.05) is 13.8 Å². The molecule has 2 aromatic heterocycles. The zero-order chi connectivity index (χ0) is 14.9. The van der Waals surface area contributed by atoms with E-state index >= 15 is 0 Å². The normalized spacial score (nSPS) is 11.8. The molecule has 0 spiro atoms. The maximum absolute atomic E-state index is 11.7. The highest BCUT2D eigenvalue weighted by Gasteiger charge is 2.26. The third-order valence-electron chi connectivity index (χ3n) is 2.75. The molecular formula is C11H12Cl2N4O2S. The molecule has 0 atom stereocenters. The fourth-order valence-corrected chi connectivity index (χ4v) is 3.54. The summed E-state index contributed by atoms with van der Waals surface area (Å²) in [4.78, 5) is 0.0564. The first kappa shape index (κ1) is 15.2. The summed E-state index contributed by atoms with van der Waals surface area (Å²) in [6, 6.07) is 3.18.